The molecule has 1 aliphatic carbocycles. The average Bonchev–Trinajstić information content (AvgIpc) is 2.91. The van der Waals surface area contributed by atoms with E-state index in [4.69, 9.17) is 0 Å². The largest absolute Gasteiger partial charge is 0.300 e. The quantitative estimate of drug-likeness (QED) is 0.787. The number of hydrogen-bond acceptors (Lipinski definition) is 2. The standard InChI is InChI=1S/C17H21F2NO/c18-14-6-3-5-13(17(14)19)16(21)9-11-20-10-8-12-4-1-2-7-15(12)20/h3,5-6,12,15H,1-2,4,7-11H2. The second kappa shape index (κ2) is 6.22. The van der Waals surface area contributed by atoms with Gasteiger partial charge in [-0.3, -0.25) is 9.69 Å². The number of hydrogen-bond donors (Lipinski definition) is 0. The lowest BCUT2D eigenvalue weighted by atomic mass is 9.85. The molecule has 0 bridgehead atoms. The topological polar surface area (TPSA) is 20.3 Å². The maximum absolute atomic E-state index is 13.6. The molecule has 2 aliphatic rings. The highest BCUT2D eigenvalue weighted by atomic mass is 19.2. The van der Waals surface area contributed by atoms with E-state index in [1.54, 1.807) is 0 Å². The van der Waals surface area contributed by atoms with Crippen LogP contribution in [0.2, 0.25) is 0 Å². The Labute approximate surface area is 124 Å². The van der Waals surface area contributed by atoms with Crippen molar-refractivity contribution in [2.75, 3.05) is 13.1 Å². The Morgan fingerprint density at radius 3 is 2.86 bits per heavy atom. The van der Waals surface area contributed by atoms with E-state index in [1.807, 2.05) is 0 Å². The van der Waals surface area contributed by atoms with Crippen molar-refractivity contribution in [3.8, 4) is 0 Å². The lowest BCUT2D eigenvalue weighted by Crippen LogP contribution is -2.36. The molecule has 4 heteroatoms. The van der Waals surface area contributed by atoms with Gasteiger partial charge < -0.3 is 0 Å². The molecule has 1 saturated heterocycles. The Morgan fingerprint density at radius 2 is 2.00 bits per heavy atom. The summed E-state index contributed by atoms with van der Waals surface area (Å²) < 4.78 is 26.8. The van der Waals surface area contributed by atoms with Crippen LogP contribution in [-0.4, -0.2) is 29.8 Å². The van der Waals surface area contributed by atoms with E-state index in [2.05, 4.69) is 4.90 Å². The summed E-state index contributed by atoms with van der Waals surface area (Å²) in [5.41, 5.74) is -0.116. The van der Waals surface area contributed by atoms with E-state index in [-0.39, 0.29) is 17.8 Å². The van der Waals surface area contributed by atoms with E-state index >= 15 is 0 Å². The number of nitrogens with zero attached hydrogens (tertiary/aromatic N) is 1. The second-order valence-corrected chi connectivity index (χ2v) is 6.21. The van der Waals surface area contributed by atoms with Gasteiger partial charge in [0.05, 0.1) is 5.56 Å². The maximum Gasteiger partial charge on any atom is 0.169 e. The summed E-state index contributed by atoms with van der Waals surface area (Å²) in [6.07, 6.45) is 6.59. The summed E-state index contributed by atoms with van der Waals surface area (Å²) in [4.78, 5) is 14.5. The van der Waals surface area contributed by atoms with Gasteiger partial charge in [-0.15, -0.1) is 0 Å². The van der Waals surface area contributed by atoms with Gasteiger partial charge >= 0.3 is 0 Å². The third-order valence-electron chi connectivity index (χ3n) is 5.00. The summed E-state index contributed by atoms with van der Waals surface area (Å²) in [5, 5.41) is 0. The number of carbonyl (C=O) groups is 1. The van der Waals surface area contributed by atoms with Crippen LogP contribution in [0.4, 0.5) is 8.78 Å². The summed E-state index contributed by atoms with van der Waals surface area (Å²) in [6.45, 7) is 1.70. The van der Waals surface area contributed by atoms with Crippen LogP contribution in [0.1, 0.15) is 48.9 Å². The first-order chi connectivity index (χ1) is 10.2. The van der Waals surface area contributed by atoms with Gasteiger partial charge in [-0.1, -0.05) is 18.9 Å². The molecule has 2 atom stereocenters. The molecule has 114 valence electrons. The Kier molecular flexibility index (Phi) is 4.34. The van der Waals surface area contributed by atoms with Crippen LogP contribution in [0.3, 0.4) is 0 Å². The zero-order valence-corrected chi connectivity index (χ0v) is 12.2. The number of fused-ring (bicyclic) bond motifs is 1. The number of rotatable bonds is 4. The molecule has 1 heterocycles. The fourth-order valence-electron chi connectivity index (χ4n) is 3.88. The van der Waals surface area contributed by atoms with Crippen molar-refractivity contribution in [1.29, 1.82) is 0 Å². The Balaban J connectivity index is 1.60. The summed E-state index contributed by atoms with van der Waals surface area (Å²) in [5.74, 6) is -1.49. The van der Waals surface area contributed by atoms with E-state index in [1.165, 1.54) is 44.2 Å². The fourth-order valence-corrected chi connectivity index (χ4v) is 3.88. The smallest absolute Gasteiger partial charge is 0.169 e. The monoisotopic (exact) mass is 293 g/mol. The molecular weight excluding hydrogens is 272 g/mol. The third kappa shape index (κ3) is 3.00. The molecule has 2 fully saturated rings. The van der Waals surface area contributed by atoms with Crippen LogP contribution in [0.5, 0.6) is 0 Å². The molecule has 0 radical (unpaired) electrons. The molecular formula is C17H21F2NO. The fraction of sp³-hybridized carbons (Fsp3) is 0.588. The number of carbonyl (C=O) groups excluding carboxylic acids is 1. The first kappa shape index (κ1) is 14.6. The number of halogens is 2. The molecule has 2 nitrogen and oxygen atoms in total. The normalized spacial score (nSPS) is 25.8. The van der Waals surface area contributed by atoms with Crippen LogP contribution in [0.15, 0.2) is 18.2 Å². The van der Waals surface area contributed by atoms with Crippen LogP contribution in [0.25, 0.3) is 0 Å². The zero-order valence-electron chi connectivity index (χ0n) is 12.2. The van der Waals surface area contributed by atoms with Crippen LogP contribution < -0.4 is 0 Å². The van der Waals surface area contributed by atoms with Crippen molar-refractivity contribution >= 4 is 5.78 Å². The second-order valence-electron chi connectivity index (χ2n) is 6.21. The predicted molar refractivity (Wildman–Crippen MR) is 77.2 cm³/mol. The molecule has 1 aliphatic heterocycles. The highest BCUT2D eigenvalue weighted by Crippen LogP contribution is 2.36. The number of benzene rings is 1. The van der Waals surface area contributed by atoms with E-state index < -0.39 is 11.6 Å². The number of ketones is 1. The predicted octanol–water partition coefficient (Wildman–Crippen LogP) is 3.80. The van der Waals surface area contributed by atoms with Crippen molar-refractivity contribution in [3.05, 3.63) is 35.4 Å². The Bertz CT molecular complexity index is 532. The van der Waals surface area contributed by atoms with Gasteiger partial charge in [0.15, 0.2) is 17.4 Å². The highest BCUT2D eigenvalue weighted by Gasteiger charge is 2.35. The van der Waals surface area contributed by atoms with Crippen LogP contribution in [-0.2, 0) is 0 Å². The van der Waals surface area contributed by atoms with Gasteiger partial charge in [-0.05, 0) is 43.9 Å². The molecule has 0 N–H and O–H groups in total. The van der Waals surface area contributed by atoms with Crippen molar-refractivity contribution in [2.45, 2.75) is 44.6 Å². The molecule has 1 aromatic rings. The maximum atomic E-state index is 13.6. The van der Waals surface area contributed by atoms with Crippen molar-refractivity contribution < 1.29 is 13.6 Å². The zero-order chi connectivity index (χ0) is 14.8. The number of Topliss-reactive ketones (excluding diaryl/α,β-unsaturated/α-hetero) is 1. The molecule has 0 aromatic heterocycles. The highest BCUT2D eigenvalue weighted by molar-refractivity contribution is 5.96. The van der Waals surface area contributed by atoms with Crippen molar-refractivity contribution in [1.82, 2.24) is 4.90 Å². The van der Waals surface area contributed by atoms with Crippen LogP contribution in [0, 0.1) is 17.6 Å². The van der Waals surface area contributed by atoms with Gasteiger partial charge in [0.25, 0.3) is 0 Å². The first-order valence-electron chi connectivity index (χ1n) is 7.88. The molecule has 0 spiro atoms. The van der Waals surface area contributed by atoms with Gasteiger partial charge in [0, 0.05) is 19.0 Å². The summed E-state index contributed by atoms with van der Waals surface area (Å²) in [6, 6.07) is 4.40. The van der Waals surface area contributed by atoms with E-state index in [0.717, 1.165) is 18.5 Å². The minimum atomic E-state index is -1.01. The molecule has 21 heavy (non-hydrogen) atoms. The molecule has 3 rings (SSSR count). The summed E-state index contributed by atoms with van der Waals surface area (Å²) in [7, 11) is 0. The first-order valence-corrected chi connectivity index (χ1v) is 7.88. The van der Waals surface area contributed by atoms with Gasteiger partial charge in [-0.2, -0.15) is 0 Å². The lowest BCUT2D eigenvalue weighted by Gasteiger charge is -2.31. The number of likely N-dealkylation sites (tertiary alicyclic amines) is 1. The van der Waals surface area contributed by atoms with E-state index in [0.29, 0.717) is 12.6 Å². The molecule has 1 saturated carbocycles. The average molecular weight is 293 g/mol. The molecule has 2 unspecified atom stereocenters. The minimum Gasteiger partial charge on any atom is -0.300 e. The third-order valence-corrected chi connectivity index (χ3v) is 5.00. The van der Waals surface area contributed by atoms with E-state index in [9.17, 15) is 13.6 Å². The SMILES string of the molecule is O=C(CCN1CCC2CCCCC21)c1cccc(F)c1F. The lowest BCUT2D eigenvalue weighted by molar-refractivity contribution is 0.0946. The summed E-state index contributed by atoms with van der Waals surface area (Å²) >= 11 is 0. The van der Waals surface area contributed by atoms with Crippen molar-refractivity contribution in [2.24, 2.45) is 5.92 Å². The molecule has 0 amide bonds. The van der Waals surface area contributed by atoms with Gasteiger partial charge in [0.1, 0.15) is 0 Å². The Morgan fingerprint density at radius 1 is 1.19 bits per heavy atom. The van der Waals surface area contributed by atoms with Gasteiger partial charge in [-0.25, -0.2) is 8.78 Å². The molecule has 1 aromatic carbocycles. The van der Waals surface area contributed by atoms with Gasteiger partial charge in [0.2, 0.25) is 0 Å². The Hall–Kier alpha value is -1.29. The minimum absolute atomic E-state index is 0.116. The van der Waals surface area contributed by atoms with Crippen LogP contribution >= 0.6 is 0 Å². The van der Waals surface area contributed by atoms with Crippen molar-refractivity contribution in [3.63, 3.8) is 0 Å².